The zero-order valence-electron chi connectivity index (χ0n) is 16.3. The Balaban J connectivity index is 2.03. The summed E-state index contributed by atoms with van der Waals surface area (Å²) >= 11 is 0. The Morgan fingerprint density at radius 2 is 1.43 bits per heavy atom. The van der Waals surface area contributed by atoms with Gasteiger partial charge in [0.2, 0.25) is 26.0 Å². The Labute approximate surface area is 166 Å². The molecule has 0 aromatic carbocycles. The van der Waals surface area contributed by atoms with Gasteiger partial charge in [0.1, 0.15) is 16.3 Å². The first kappa shape index (κ1) is 22.8. The van der Waals surface area contributed by atoms with E-state index in [1.807, 2.05) is 0 Å². The summed E-state index contributed by atoms with van der Waals surface area (Å²) in [5.74, 6) is -0.313. The molecule has 0 atom stereocenters. The number of aromatic nitrogens is 1. The first-order valence-corrected chi connectivity index (χ1v) is 12.2. The Morgan fingerprint density at radius 3 is 1.89 bits per heavy atom. The van der Waals surface area contributed by atoms with Gasteiger partial charge in [-0.2, -0.15) is 0 Å². The van der Waals surface area contributed by atoms with Crippen molar-refractivity contribution in [2.75, 3.05) is 40.3 Å². The SMILES string of the molecule is CNS(=O)(=O)c1cn(CC(=O)NCCN2CCCCCC2)cc1S(=O)(=O)NC. The summed E-state index contributed by atoms with van der Waals surface area (Å²) in [5, 5.41) is 2.80. The fourth-order valence-corrected chi connectivity index (χ4v) is 5.40. The highest BCUT2D eigenvalue weighted by Gasteiger charge is 2.27. The van der Waals surface area contributed by atoms with Crippen LogP contribution >= 0.6 is 0 Å². The van der Waals surface area contributed by atoms with Crippen LogP contribution in [0.2, 0.25) is 0 Å². The lowest BCUT2D eigenvalue weighted by atomic mass is 10.2. The minimum atomic E-state index is -4.00. The monoisotopic (exact) mass is 435 g/mol. The van der Waals surface area contributed by atoms with Gasteiger partial charge in [0, 0.05) is 25.5 Å². The molecule has 1 fully saturated rings. The van der Waals surface area contributed by atoms with E-state index in [9.17, 15) is 21.6 Å². The molecule has 1 aromatic heterocycles. The lowest BCUT2D eigenvalue weighted by molar-refractivity contribution is -0.121. The molecule has 2 rings (SSSR count). The fourth-order valence-electron chi connectivity index (χ4n) is 3.12. The van der Waals surface area contributed by atoms with Gasteiger partial charge in [-0.25, -0.2) is 26.3 Å². The highest BCUT2D eigenvalue weighted by atomic mass is 32.2. The van der Waals surface area contributed by atoms with Crippen LogP contribution in [0, 0.1) is 0 Å². The van der Waals surface area contributed by atoms with Crippen molar-refractivity contribution in [2.45, 2.75) is 42.0 Å². The van der Waals surface area contributed by atoms with E-state index in [1.54, 1.807) is 0 Å². The highest BCUT2D eigenvalue weighted by Crippen LogP contribution is 2.21. The van der Waals surface area contributed by atoms with Crippen LogP contribution < -0.4 is 14.8 Å². The molecule has 0 spiro atoms. The summed E-state index contributed by atoms with van der Waals surface area (Å²) in [6.45, 7) is 3.14. The topological polar surface area (TPSA) is 130 Å². The van der Waals surface area contributed by atoms with Crippen LogP contribution in [0.5, 0.6) is 0 Å². The minimum absolute atomic E-state index is 0.175. The molecule has 160 valence electrons. The van der Waals surface area contributed by atoms with Gasteiger partial charge in [0.15, 0.2) is 0 Å². The number of hydrogen-bond donors (Lipinski definition) is 3. The summed E-state index contributed by atoms with van der Waals surface area (Å²) < 4.78 is 54.0. The summed E-state index contributed by atoms with van der Waals surface area (Å²) in [4.78, 5) is 13.7. The molecule has 1 aliphatic rings. The minimum Gasteiger partial charge on any atom is -0.353 e. The van der Waals surface area contributed by atoms with Crippen LogP contribution in [0.15, 0.2) is 22.2 Å². The average Bonchev–Trinajstić information content (AvgIpc) is 2.92. The van der Waals surface area contributed by atoms with Crippen molar-refractivity contribution in [3.8, 4) is 0 Å². The van der Waals surface area contributed by atoms with E-state index < -0.39 is 29.8 Å². The van der Waals surface area contributed by atoms with Gasteiger partial charge in [-0.1, -0.05) is 12.8 Å². The third-order valence-electron chi connectivity index (χ3n) is 4.70. The average molecular weight is 436 g/mol. The molecule has 2 heterocycles. The second-order valence-electron chi connectivity index (χ2n) is 6.68. The zero-order chi connectivity index (χ0) is 20.8. The Bertz CT molecular complexity index is 820. The number of nitrogens with one attached hydrogen (secondary N) is 3. The van der Waals surface area contributed by atoms with Crippen LogP contribution in [-0.4, -0.2) is 72.5 Å². The van der Waals surface area contributed by atoms with E-state index in [2.05, 4.69) is 19.7 Å². The summed E-state index contributed by atoms with van der Waals surface area (Å²) in [6, 6.07) is 0. The van der Waals surface area contributed by atoms with Crippen LogP contribution in [-0.2, 0) is 31.4 Å². The lowest BCUT2D eigenvalue weighted by Crippen LogP contribution is -2.36. The van der Waals surface area contributed by atoms with Crippen molar-refractivity contribution in [1.82, 2.24) is 24.2 Å². The number of nitrogens with zero attached hydrogens (tertiary/aromatic N) is 2. The first-order chi connectivity index (χ1) is 13.2. The van der Waals surface area contributed by atoms with Gasteiger partial charge in [-0.15, -0.1) is 0 Å². The zero-order valence-corrected chi connectivity index (χ0v) is 17.9. The predicted octanol–water partition coefficient (Wildman–Crippen LogP) is -0.703. The molecule has 3 N–H and O–H groups in total. The molecule has 0 saturated carbocycles. The molecule has 1 aliphatic heterocycles. The third-order valence-corrected chi connectivity index (χ3v) is 7.71. The number of carbonyl (C=O) groups is 1. The van der Waals surface area contributed by atoms with Crippen LogP contribution in [0.1, 0.15) is 25.7 Å². The molecule has 0 radical (unpaired) electrons. The lowest BCUT2D eigenvalue weighted by Gasteiger charge is -2.19. The maximum Gasteiger partial charge on any atom is 0.243 e. The van der Waals surface area contributed by atoms with Crippen LogP contribution in [0.4, 0.5) is 0 Å². The molecule has 1 amide bonds. The fraction of sp³-hybridized carbons (Fsp3) is 0.688. The van der Waals surface area contributed by atoms with E-state index in [-0.39, 0.29) is 12.5 Å². The van der Waals surface area contributed by atoms with Gasteiger partial charge in [0.25, 0.3) is 0 Å². The second kappa shape index (κ2) is 9.83. The molecule has 0 bridgehead atoms. The van der Waals surface area contributed by atoms with Gasteiger partial charge >= 0.3 is 0 Å². The smallest absolute Gasteiger partial charge is 0.243 e. The highest BCUT2D eigenvalue weighted by molar-refractivity contribution is 7.92. The van der Waals surface area contributed by atoms with Gasteiger partial charge in [-0.05, 0) is 40.0 Å². The largest absolute Gasteiger partial charge is 0.353 e. The number of sulfonamides is 2. The van der Waals surface area contributed by atoms with Crippen molar-refractivity contribution < 1.29 is 21.6 Å². The van der Waals surface area contributed by atoms with Gasteiger partial charge in [-0.3, -0.25) is 4.79 Å². The molecule has 1 aromatic rings. The number of carbonyl (C=O) groups excluding carboxylic acids is 1. The van der Waals surface area contributed by atoms with Crippen molar-refractivity contribution in [3.05, 3.63) is 12.4 Å². The molecule has 10 nitrogen and oxygen atoms in total. The third kappa shape index (κ3) is 6.01. The number of rotatable bonds is 9. The van der Waals surface area contributed by atoms with Gasteiger partial charge in [0.05, 0.1) is 0 Å². The first-order valence-electron chi connectivity index (χ1n) is 9.25. The van der Waals surface area contributed by atoms with Crippen LogP contribution in [0.3, 0.4) is 0 Å². The number of hydrogen-bond acceptors (Lipinski definition) is 6. The molecule has 28 heavy (non-hydrogen) atoms. The van der Waals surface area contributed by atoms with Crippen molar-refractivity contribution in [1.29, 1.82) is 0 Å². The maximum atomic E-state index is 12.2. The quantitative estimate of drug-likeness (QED) is 0.470. The van der Waals surface area contributed by atoms with E-state index in [4.69, 9.17) is 0 Å². The molecule has 12 heteroatoms. The van der Waals surface area contributed by atoms with Crippen LogP contribution in [0.25, 0.3) is 0 Å². The molecule has 0 unspecified atom stereocenters. The maximum absolute atomic E-state index is 12.2. The van der Waals surface area contributed by atoms with E-state index in [1.165, 1.54) is 44.3 Å². The number of amides is 1. The summed E-state index contributed by atoms with van der Waals surface area (Å²) in [6.07, 6.45) is 7.11. The molecule has 1 saturated heterocycles. The van der Waals surface area contributed by atoms with Crippen molar-refractivity contribution in [2.24, 2.45) is 0 Å². The summed E-state index contributed by atoms with van der Waals surface area (Å²) in [7, 11) is -5.62. The normalized spacial score (nSPS) is 16.6. The molecular weight excluding hydrogens is 406 g/mol. The van der Waals surface area contributed by atoms with E-state index in [0.717, 1.165) is 32.0 Å². The Kier molecular flexibility index (Phi) is 8.01. The summed E-state index contributed by atoms with van der Waals surface area (Å²) in [5.41, 5.74) is 0. The van der Waals surface area contributed by atoms with E-state index in [0.29, 0.717) is 6.54 Å². The standard InChI is InChI=1S/C16H29N5O5S2/c1-17-27(23,24)14-11-21(12-15(14)28(25,26)18-2)13-16(22)19-7-10-20-8-5-3-4-6-9-20/h11-12,17-18H,3-10,13H2,1-2H3,(H,19,22). The van der Waals surface area contributed by atoms with Gasteiger partial charge < -0.3 is 14.8 Å². The second-order valence-corrected chi connectivity index (χ2v) is 10.4. The Morgan fingerprint density at radius 1 is 0.929 bits per heavy atom. The predicted molar refractivity (Wildman–Crippen MR) is 105 cm³/mol. The molecular formula is C16H29N5O5S2. The van der Waals surface area contributed by atoms with Crippen molar-refractivity contribution >= 4 is 26.0 Å². The number of likely N-dealkylation sites (tertiary alicyclic amines) is 1. The molecule has 0 aliphatic carbocycles. The Hall–Kier alpha value is -1.47. The van der Waals surface area contributed by atoms with E-state index >= 15 is 0 Å². The van der Waals surface area contributed by atoms with Crippen molar-refractivity contribution in [3.63, 3.8) is 0 Å².